The molecule has 6 rings (SSSR count). The first-order valence-corrected chi connectivity index (χ1v) is 22.6. The number of carbonyl (C=O) groups excluding carboxylic acids is 1. The fourth-order valence-corrected chi connectivity index (χ4v) is 11.1. The second kappa shape index (κ2) is 16.2. The molecule has 11 nitrogen and oxygen atoms in total. The van der Waals surface area contributed by atoms with Gasteiger partial charge in [0, 0.05) is 30.2 Å². The molecule has 0 fully saturated rings. The van der Waals surface area contributed by atoms with E-state index in [9.17, 15) is 34.8 Å². The van der Waals surface area contributed by atoms with E-state index in [4.69, 9.17) is 14.8 Å². The Morgan fingerprint density at radius 2 is 1.80 bits per heavy atom. The highest BCUT2D eigenvalue weighted by molar-refractivity contribution is 7.99. The van der Waals surface area contributed by atoms with Crippen LogP contribution in [0.2, 0.25) is 0 Å². The lowest BCUT2D eigenvalue weighted by molar-refractivity contribution is -0.144. The molecule has 0 saturated heterocycles. The lowest BCUT2D eigenvalue weighted by atomic mass is 9.75. The molecule has 5 aromatic rings. The van der Waals surface area contributed by atoms with Gasteiger partial charge in [-0.1, -0.05) is 63.2 Å². The van der Waals surface area contributed by atoms with E-state index in [1.807, 2.05) is 45.0 Å². The van der Waals surface area contributed by atoms with Crippen LogP contribution in [-0.2, 0) is 54.8 Å². The predicted octanol–water partition coefficient (Wildman–Crippen LogP) is 8.45. The number of nitrogens with zero attached hydrogens (tertiary/aromatic N) is 3. The Morgan fingerprint density at radius 3 is 2.49 bits per heavy atom. The first kappa shape index (κ1) is 44.1. The highest BCUT2D eigenvalue weighted by Gasteiger charge is 2.49. The van der Waals surface area contributed by atoms with E-state index in [2.05, 4.69) is 9.17 Å². The van der Waals surface area contributed by atoms with Crippen LogP contribution in [0.1, 0.15) is 69.5 Å². The molecule has 1 aliphatic heterocycles. The third-order valence-corrected chi connectivity index (χ3v) is 14.8. The number of fused-ring (bicyclic) bond motifs is 8. The van der Waals surface area contributed by atoms with E-state index in [1.54, 1.807) is 13.0 Å². The molecule has 59 heavy (non-hydrogen) atoms. The number of hydrogen-bond acceptors (Lipinski definition) is 10. The van der Waals surface area contributed by atoms with Crippen molar-refractivity contribution in [1.82, 2.24) is 19.7 Å². The molecule has 318 valence electrons. The minimum absolute atomic E-state index is 0.0828. The molecule has 0 amide bonds. The van der Waals surface area contributed by atoms with Crippen LogP contribution in [0.5, 0.6) is 5.75 Å². The summed E-state index contributed by atoms with van der Waals surface area (Å²) in [5.41, 5.74) is -5.89. The van der Waals surface area contributed by atoms with Gasteiger partial charge < -0.3 is 13.9 Å². The number of H-pyrrole nitrogens is 1. The maximum atomic E-state index is 16.2. The molecular weight excluding hydrogens is 840 g/mol. The van der Waals surface area contributed by atoms with Crippen molar-refractivity contribution >= 4 is 48.6 Å². The molecular formula is C40H43F5N4O7S3. The third-order valence-electron chi connectivity index (χ3n) is 10.6. The van der Waals surface area contributed by atoms with Crippen LogP contribution in [0, 0.1) is 23.0 Å². The molecule has 4 bridgehead atoms. The van der Waals surface area contributed by atoms with Crippen LogP contribution in [-0.4, -0.2) is 66.7 Å². The number of sulfone groups is 1. The number of esters is 1. The number of nitrogens with one attached hydrogen (secondary N) is 1. The van der Waals surface area contributed by atoms with Crippen LogP contribution in [0.3, 0.4) is 0 Å². The van der Waals surface area contributed by atoms with Gasteiger partial charge in [-0.25, -0.2) is 26.9 Å². The lowest BCUT2D eigenvalue weighted by Crippen LogP contribution is -2.29. The van der Waals surface area contributed by atoms with Crippen LogP contribution < -0.4 is 4.18 Å². The fourth-order valence-electron chi connectivity index (χ4n) is 7.54. The van der Waals surface area contributed by atoms with Crippen LogP contribution in [0.15, 0.2) is 64.5 Å². The molecule has 0 aliphatic carbocycles. The number of hydrogen-bond donors (Lipinski definition) is 1. The van der Waals surface area contributed by atoms with E-state index in [0.717, 1.165) is 23.3 Å². The number of benzene rings is 3. The first-order valence-electron chi connectivity index (χ1n) is 18.5. The Morgan fingerprint density at radius 1 is 1.07 bits per heavy atom. The summed E-state index contributed by atoms with van der Waals surface area (Å²) in [5, 5.41) is 5.12. The van der Waals surface area contributed by atoms with Gasteiger partial charge in [0.15, 0.2) is 27.2 Å². The summed E-state index contributed by atoms with van der Waals surface area (Å²) in [5.74, 6) is -4.54. The highest BCUT2D eigenvalue weighted by atomic mass is 32.2. The van der Waals surface area contributed by atoms with Gasteiger partial charge in [-0.05, 0) is 72.9 Å². The Labute approximate surface area is 343 Å². The van der Waals surface area contributed by atoms with Gasteiger partial charge in [0.2, 0.25) is 0 Å². The molecule has 0 unspecified atom stereocenters. The Bertz CT molecular complexity index is 2640. The topological polar surface area (TPSA) is 150 Å². The fraction of sp³-hybridized carbons (Fsp3) is 0.425. The average molecular weight is 883 g/mol. The zero-order valence-electron chi connectivity index (χ0n) is 33.0. The van der Waals surface area contributed by atoms with Crippen molar-refractivity contribution < 1.29 is 52.5 Å². The summed E-state index contributed by atoms with van der Waals surface area (Å²) >= 11 is 0.461. The minimum atomic E-state index is -6.34. The van der Waals surface area contributed by atoms with E-state index < -0.39 is 70.2 Å². The number of aromatic nitrogens is 4. The Hall–Kier alpha value is -4.49. The third kappa shape index (κ3) is 9.31. The molecule has 19 heteroatoms. The number of carbonyl (C=O) groups is 1. The predicted molar refractivity (Wildman–Crippen MR) is 212 cm³/mol. The van der Waals surface area contributed by atoms with Crippen LogP contribution in [0.25, 0.3) is 22.3 Å². The monoisotopic (exact) mass is 882 g/mol. The van der Waals surface area contributed by atoms with Crippen LogP contribution in [0.4, 0.5) is 22.0 Å². The SMILES string of the molecule is COC(=O)[C@H](C)Cc1cccc([C@@]2(C)CCCC(C)(C)CS(=O)(=O)CCc3c(c(F)cc4[nH]ccc34)Sc3cc(c(F)cc3OS(=O)(=O)C(F)(F)F)-c3nc2nn3C)c1. The number of methoxy groups -OCH3 is 1. The number of alkyl halides is 3. The van der Waals surface area contributed by atoms with Crippen molar-refractivity contribution in [3.05, 3.63) is 88.9 Å². The Kier molecular flexibility index (Phi) is 12.1. The summed E-state index contributed by atoms with van der Waals surface area (Å²) in [6.45, 7) is 7.30. The van der Waals surface area contributed by atoms with Gasteiger partial charge in [-0.3, -0.25) is 4.79 Å². The molecule has 0 spiro atoms. The molecule has 2 atom stereocenters. The molecule has 1 aliphatic rings. The first-order chi connectivity index (χ1) is 27.4. The average Bonchev–Trinajstić information content (AvgIpc) is 3.77. The second-order valence-corrected chi connectivity index (χ2v) is 20.6. The number of rotatable bonds is 6. The van der Waals surface area contributed by atoms with E-state index >= 15 is 8.78 Å². The van der Waals surface area contributed by atoms with Gasteiger partial charge in [-0.15, -0.1) is 0 Å². The van der Waals surface area contributed by atoms with E-state index in [1.165, 1.54) is 25.0 Å². The normalized spacial score (nSPS) is 19.3. The van der Waals surface area contributed by atoms with Gasteiger partial charge in [0.1, 0.15) is 11.6 Å². The number of halogens is 5. The molecule has 2 aromatic heterocycles. The maximum absolute atomic E-state index is 16.2. The van der Waals surface area contributed by atoms with E-state index in [-0.39, 0.29) is 45.8 Å². The number of aryl methyl sites for hydroxylation is 2. The smallest absolute Gasteiger partial charge is 0.469 e. The Balaban J connectivity index is 1.58. The summed E-state index contributed by atoms with van der Waals surface area (Å²) < 4.78 is 136. The molecule has 3 aromatic carbocycles. The highest BCUT2D eigenvalue weighted by Crippen LogP contribution is 2.46. The zero-order chi connectivity index (χ0) is 43.3. The maximum Gasteiger partial charge on any atom is 0.534 e. The second-order valence-electron chi connectivity index (χ2n) is 15.9. The zero-order valence-corrected chi connectivity index (χ0v) is 35.5. The van der Waals surface area contributed by atoms with E-state index in [0.29, 0.717) is 54.4 Å². The standard InChI is InChI=1S/C40H43F5N4O7S3/c1-23(36(50)55-6)17-24-9-7-10-25(18-24)39(4)14-8-13-38(2,3)22-58(51,52)16-12-27-26-11-15-46-31(26)20-30(42)34(27)57-33-19-28(35-47-37(39)48-49(35)5)29(41)21-32(33)56-59(53,54)40(43,44)45/h7,9-11,15,18-21,23,46H,8,12-14,16-17,22H2,1-6H3/t23-,39-/m1/s1. The number of ether oxygens (including phenoxy) is 1. The van der Waals surface area contributed by atoms with Crippen molar-refractivity contribution in [2.45, 2.75) is 80.5 Å². The summed E-state index contributed by atoms with van der Waals surface area (Å²) in [7, 11) is -7.36. The molecule has 0 saturated carbocycles. The molecule has 1 N–H and O–H groups in total. The number of aromatic amines is 1. The van der Waals surface area contributed by atoms with Crippen molar-refractivity contribution in [2.24, 2.45) is 18.4 Å². The lowest BCUT2D eigenvalue weighted by Gasteiger charge is -2.31. The van der Waals surface area contributed by atoms with Crippen molar-refractivity contribution in [3.8, 4) is 17.1 Å². The van der Waals surface area contributed by atoms with Crippen molar-refractivity contribution in [2.75, 3.05) is 18.6 Å². The molecule has 3 heterocycles. The van der Waals surface area contributed by atoms with Crippen molar-refractivity contribution in [3.63, 3.8) is 0 Å². The van der Waals surface area contributed by atoms with Crippen molar-refractivity contribution in [1.29, 1.82) is 0 Å². The van der Waals surface area contributed by atoms with Crippen LogP contribution >= 0.6 is 11.8 Å². The quantitative estimate of drug-likeness (QED) is 0.0762. The minimum Gasteiger partial charge on any atom is -0.469 e. The summed E-state index contributed by atoms with van der Waals surface area (Å²) in [6, 6.07) is 11.6. The largest absolute Gasteiger partial charge is 0.534 e. The molecule has 0 radical (unpaired) electrons. The van der Waals surface area contributed by atoms with Gasteiger partial charge >= 0.3 is 21.6 Å². The van der Waals surface area contributed by atoms with Gasteiger partial charge in [-0.2, -0.15) is 26.7 Å². The summed E-state index contributed by atoms with van der Waals surface area (Å²) in [4.78, 5) is 19.3. The van der Waals surface area contributed by atoms with Gasteiger partial charge in [0.05, 0.1) is 45.3 Å². The van der Waals surface area contributed by atoms with Gasteiger partial charge in [0.25, 0.3) is 0 Å². The summed E-state index contributed by atoms with van der Waals surface area (Å²) in [6.07, 6.45) is 2.99.